The summed E-state index contributed by atoms with van der Waals surface area (Å²) in [7, 11) is 0. The van der Waals surface area contributed by atoms with Gasteiger partial charge in [-0.05, 0) is 32.3 Å². The molecule has 1 aliphatic rings. The number of nitrogens with one attached hydrogen (secondary N) is 2. The van der Waals surface area contributed by atoms with Gasteiger partial charge in [-0.2, -0.15) is 5.10 Å². The SMILES string of the molecule is Cc1[nH]nc(CCC(=O)N[C@@H]2CC=CC[C@H]2C(N)=O)c1C. The van der Waals surface area contributed by atoms with Crippen LogP contribution < -0.4 is 11.1 Å². The number of hydrogen-bond donors (Lipinski definition) is 3. The molecule has 0 aliphatic heterocycles. The van der Waals surface area contributed by atoms with E-state index >= 15 is 0 Å². The lowest BCUT2D eigenvalue weighted by atomic mass is 9.88. The van der Waals surface area contributed by atoms with Crippen molar-refractivity contribution in [3.05, 3.63) is 29.1 Å². The highest BCUT2D eigenvalue weighted by Crippen LogP contribution is 2.19. The molecule has 0 bridgehead atoms. The zero-order chi connectivity index (χ0) is 15.4. The quantitative estimate of drug-likeness (QED) is 0.702. The summed E-state index contributed by atoms with van der Waals surface area (Å²) in [4.78, 5) is 23.4. The first-order chi connectivity index (χ1) is 9.99. The Hall–Kier alpha value is -2.11. The van der Waals surface area contributed by atoms with E-state index in [1.54, 1.807) is 0 Å². The van der Waals surface area contributed by atoms with Crippen molar-refractivity contribution in [1.82, 2.24) is 15.5 Å². The molecule has 1 aromatic heterocycles. The number of carbonyl (C=O) groups is 2. The Kier molecular flexibility index (Phi) is 4.77. The number of H-pyrrole nitrogens is 1. The molecule has 4 N–H and O–H groups in total. The van der Waals surface area contributed by atoms with E-state index in [2.05, 4.69) is 15.5 Å². The molecule has 114 valence electrons. The van der Waals surface area contributed by atoms with Crippen molar-refractivity contribution in [3.8, 4) is 0 Å². The third-order valence-electron chi connectivity index (χ3n) is 4.09. The van der Waals surface area contributed by atoms with Crippen LogP contribution in [0.25, 0.3) is 0 Å². The molecule has 2 amide bonds. The summed E-state index contributed by atoms with van der Waals surface area (Å²) in [5, 5.41) is 10.0. The lowest BCUT2D eigenvalue weighted by Gasteiger charge is -2.26. The molecule has 2 atom stereocenters. The van der Waals surface area contributed by atoms with Gasteiger partial charge in [0, 0.05) is 24.6 Å². The Morgan fingerprint density at radius 2 is 2.10 bits per heavy atom. The van der Waals surface area contributed by atoms with Crippen LogP contribution in [0.3, 0.4) is 0 Å². The molecule has 0 radical (unpaired) electrons. The largest absolute Gasteiger partial charge is 0.369 e. The fourth-order valence-electron chi connectivity index (χ4n) is 2.58. The molecule has 6 heteroatoms. The van der Waals surface area contributed by atoms with Gasteiger partial charge in [-0.15, -0.1) is 0 Å². The van der Waals surface area contributed by atoms with Gasteiger partial charge >= 0.3 is 0 Å². The molecule has 0 aromatic carbocycles. The minimum Gasteiger partial charge on any atom is -0.369 e. The van der Waals surface area contributed by atoms with Gasteiger partial charge < -0.3 is 11.1 Å². The molecule has 1 aliphatic carbocycles. The normalized spacial score (nSPS) is 21.2. The fraction of sp³-hybridized carbons (Fsp3) is 0.533. The predicted molar refractivity (Wildman–Crippen MR) is 79.4 cm³/mol. The number of aromatic nitrogens is 2. The number of allylic oxidation sites excluding steroid dienone is 1. The summed E-state index contributed by atoms with van der Waals surface area (Å²) in [5.41, 5.74) is 8.42. The number of hydrogen-bond acceptors (Lipinski definition) is 3. The molecule has 0 unspecified atom stereocenters. The number of amides is 2. The predicted octanol–water partition coefficient (Wildman–Crippen LogP) is 0.895. The van der Waals surface area contributed by atoms with Gasteiger partial charge in [-0.25, -0.2) is 0 Å². The van der Waals surface area contributed by atoms with Crippen LogP contribution in [0.15, 0.2) is 12.2 Å². The number of nitrogens with two attached hydrogens (primary N) is 1. The zero-order valence-electron chi connectivity index (χ0n) is 12.5. The minimum atomic E-state index is -0.358. The Bertz CT molecular complexity index is 562. The van der Waals surface area contributed by atoms with Crippen molar-refractivity contribution in [2.45, 2.75) is 45.6 Å². The van der Waals surface area contributed by atoms with Gasteiger partial charge in [-0.3, -0.25) is 14.7 Å². The summed E-state index contributed by atoms with van der Waals surface area (Å²) >= 11 is 0. The maximum absolute atomic E-state index is 12.0. The van der Waals surface area contributed by atoms with Crippen LogP contribution in [-0.4, -0.2) is 28.1 Å². The molecule has 21 heavy (non-hydrogen) atoms. The average molecular weight is 290 g/mol. The van der Waals surface area contributed by atoms with E-state index in [9.17, 15) is 9.59 Å². The molecule has 1 heterocycles. The van der Waals surface area contributed by atoms with Crippen LogP contribution >= 0.6 is 0 Å². The number of aryl methyl sites for hydroxylation is 2. The van der Waals surface area contributed by atoms with Gasteiger partial charge in [0.25, 0.3) is 0 Å². The summed E-state index contributed by atoms with van der Waals surface area (Å²) in [5.74, 6) is -0.738. The van der Waals surface area contributed by atoms with Gasteiger partial charge in [0.2, 0.25) is 11.8 Å². The lowest BCUT2D eigenvalue weighted by Crippen LogP contribution is -2.46. The van der Waals surface area contributed by atoms with Crippen molar-refractivity contribution in [2.24, 2.45) is 11.7 Å². The Morgan fingerprint density at radius 3 is 2.71 bits per heavy atom. The smallest absolute Gasteiger partial charge is 0.222 e. The van der Waals surface area contributed by atoms with Crippen LogP contribution in [0.2, 0.25) is 0 Å². The second-order valence-corrected chi connectivity index (χ2v) is 5.55. The lowest BCUT2D eigenvalue weighted by molar-refractivity contribution is -0.125. The maximum atomic E-state index is 12.0. The van der Waals surface area contributed by atoms with Crippen LogP contribution in [0, 0.1) is 19.8 Å². The summed E-state index contributed by atoms with van der Waals surface area (Å²) in [6, 6.07) is -0.193. The van der Waals surface area contributed by atoms with Crippen LogP contribution in [-0.2, 0) is 16.0 Å². The number of rotatable bonds is 5. The number of primary amides is 1. The highest BCUT2D eigenvalue weighted by atomic mass is 16.2. The minimum absolute atomic E-state index is 0.0680. The van der Waals surface area contributed by atoms with Crippen LogP contribution in [0.4, 0.5) is 0 Å². The van der Waals surface area contributed by atoms with E-state index in [4.69, 9.17) is 5.73 Å². The van der Waals surface area contributed by atoms with E-state index in [1.807, 2.05) is 26.0 Å². The van der Waals surface area contributed by atoms with E-state index in [1.165, 1.54) is 0 Å². The Morgan fingerprint density at radius 1 is 1.38 bits per heavy atom. The van der Waals surface area contributed by atoms with Gasteiger partial charge in [-0.1, -0.05) is 12.2 Å². The molecule has 2 rings (SSSR count). The Labute approximate surface area is 124 Å². The fourth-order valence-corrected chi connectivity index (χ4v) is 2.58. The van der Waals surface area contributed by atoms with Gasteiger partial charge in [0.05, 0.1) is 11.6 Å². The van der Waals surface area contributed by atoms with E-state index in [0.29, 0.717) is 25.7 Å². The van der Waals surface area contributed by atoms with Crippen molar-refractivity contribution in [2.75, 3.05) is 0 Å². The Balaban J connectivity index is 1.88. The first kappa shape index (κ1) is 15.3. The van der Waals surface area contributed by atoms with Gasteiger partial charge in [0.15, 0.2) is 0 Å². The van der Waals surface area contributed by atoms with Gasteiger partial charge in [0.1, 0.15) is 0 Å². The van der Waals surface area contributed by atoms with E-state index in [0.717, 1.165) is 17.0 Å². The van der Waals surface area contributed by atoms with E-state index < -0.39 is 0 Å². The van der Waals surface area contributed by atoms with E-state index in [-0.39, 0.29) is 23.8 Å². The van der Waals surface area contributed by atoms with Crippen molar-refractivity contribution in [1.29, 1.82) is 0 Å². The molecule has 1 aromatic rings. The second-order valence-electron chi connectivity index (χ2n) is 5.55. The molecule has 0 saturated heterocycles. The monoisotopic (exact) mass is 290 g/mol. The first-order valence-corrected chi connectivity index (χ1v) is 7.23. The van der Waals surface area contributed by atoms with Crippen molar-refractivity contribution in [3.63, 3.8) is 0 Å². The molecule has 0 fully saturated rings. The number of carbonyl (C=O) groups excluding carboxylic acids is 2. The van der Waals surface area contributed by atoms with Crippen LogP contribution in [0.1, 0.15) is 36.2 Å². The topological polar surface area (TPSA) is 101 Å². The maximum Gasteiger partial charge on any atom is 0.222 e. The van der Waals surface area contributed by atoms with Crippen LogP contribution in [0.5, 0.6) is 0 Å². The standard InChI is InChI=1S/C15H22N4O2/c1-9-10(2)18-19-12(9)7-8-14(20)17-13-6-4-3-5-11(13)15(16)21/h3-4,11,13H,5-8H2,1-2H3,(H2,16,21)(H,17,20)(H,18,19)/t11-,13-/m1/s1. The number of nitrogens with zero attached hydrogens (tertiary/aromatic N) is 1. The molecular weight excluding hydrogens is 268 g/mol. The molecule has 6 nitrogen and oxygen atoms in total. The molecule has 0 spiro atoms. The highest BCUT2D eigenvalue weighted by Gasteiger charge is 2.28. The third-order valence-corrected chi connectivity index (χ3v) is 4.09. The average Bonchev–Trinajstić information content (AvgIpc) is 2.77. The molecular formula is C15H22N4O2. The number of aromatic amines is 1. The first-order valence-electron chi connectivity index (χ1n) is 7.23. The van der Waals surface area contributed by atoms with Crippen molar-refractivity contribution >= 4 is 11.8 Å². The summed E-state index contributed by atoms with van der Waals surface area (Å²) in [6.07, 6.45) is 6.11. The highest BCUT2D eigenvalue weighted by molar-refractivity contribution is 5.81. The second kappa shape index (κ2) is 6.56. The third kappa shape index (κ3) is 3.71. The summed E-state index contributed by atoms with van der Waals surface area (Å²) in [6.45, 7) is 3.94. The molecule has 0 saturated carbocycles. The summed E-state index contributed by atoms with van der Waals surface area (Å²) < 4.78 is 0. The van der Waals surface area contributed by atoms with Crippen molar-refractivity contribution < 1.29 is 9.59 Å². The zero-order valence-corrected chi connectivity index (χ0v) is 12.5.